The van der Waals surface area contributed by atoms with Gasteiger partial charge < -0.3 is 20.2 Å². The number of pyridine rings is 1. The number of rotatable bonds is 4. The van der Waals surface area contributed by atoms with Gasteiger partial charge in [0.2, 0.25) is 0 Å². The number of nitrogens with two attached hydrogens (primary N) is 1. The molecule has 0 aromatic carbocycles. The maximum atomic E-state index is 11.4. The van der Waals surface area contributed by atoms with E-state index < -0.39 is 17.8 Å². The summed E-state index contributed by atoms with van der Waals surface area (Å²) in [4.78, 5) is 24.6. The van der Waals surface area contributed by atoms with E-state index in [1.165, 1.54) is 26.4 Å². The highest BCUT2D eigenvalue weighted by Crippen LogP contribution is 2.12. The molecule has 0 bridgehead atoms. The summed E-state index contributed by atoms with van der Waals surface area (Å²) >= 11 is 0. The number of carbonyl (C=O) groups is 1. The Hall–Kier alpha value is -1.66. The molecule has 1 amide bonds. The van der Waals surface area contributed by atoms with Crippen molar-refractivity contribution < 1.29 is 14.3 Å². The van der Waals surface area contributed by atoms with Gasteiger partial charge in [-0.15, -0.1) is 0 Å². The average molecular weight is 212 g/mol. The molecule has 0 fully saturated rings. The van der Waals surface area contributed by atoms with Gasteiger partial charge in [-0.2, -0.15) is 0 Å². The van der Waals surface area contributed by atoms with Crippen LogP contribution in [0.25, 0.3) is 0 Å². The van der Waals surface area contributed by atoms with E-state index in [4.69, 9.17) is 15.2 Å². The van der Waals surface area contributed by atoms with Crippen LogP contribution in [0.3, 0.4) is 0 Å². The van der Waals surface area contributed by atoms with Crippen LogP contribution in [0.5, 0.6) is 0 Å². The molecule has 0 saturated carbocycles. The zero-order valence-corrected chi connectivity index (χ0v) is 8.44. The van der Waals surface area contributed by atoms with Crippen LogP contribution in [0, 0.1) is 0 Å². The zero-order chi connectivity index (χ0) is 11.4. The lowest BCUT2D eigenvalue weighted by molar-refractivity contribution is -0.108. The minimum Gasteiger partial charge on any atom is -0.365 e. The molecule has 0 saturated heterocycles. The Morgan fingerprint density at radius 1 is 1.40 bits per heavy atom. The molecule has 0 spiro atoms. The predicted octanol–water partition coefficient (Wildman–Crippen LogP) is -0.235. The molecule has 1 heterocycles. The van der Waals surface area contributed by atoms with Gasteiger partial charge in [0.05, 0.1) is 5.69 Å². The fourth-order valence-corrected chi connectivity index (χ4v) is 1.17. The highest BCUT2D eigenvalue weighted by molar-refractivity contribution is 5.92. The molecular weight excluding hydrogens is 200 g/mol. The number of ether oxygens (including phenoxy) is 2. The van der Waals surface area contributed by atoms with Crippen molar-refractivity contribution in [3.63, 3.8) is 0 Å². The standard InChI is InChI=1S/C9H12N2O4/c1-14-9(15-2)6-4-3-5(7(10)12)8(13)11-6/h3-4,9H,1-2H3,(H2,10,12)(H,11,13). The number of nitrogens with one attached hydrogen (secondary N) is 1. The number of aromatic amines is 1. The number of carbonyl (C=O) groups excluding carboxylic acids is 1. The van der Waals surface area contributed by atoms with Crippen LogP contribution in [0.1, 0.15) is 22.3 Å². The van der Waals surface area contributed by atoms with Crippen molar-refractivity contribution in [2.45, 2.75) is 6.29 Å². The van der Waals surface area contributed by atoms with Crippen molar-refractivity contribution in [1.29, 1.82) is 0 Å². The zero-order valence-electron chi connectivity index (χ0n) is 8.44. The lowest BCUT2D eigenvalue weighted by Gasteiger charge is -2.12. The Morgan fingerprint density at radius 2 is 2.00 bits per heavy atom. The molecule has 0 aliphatic carbocycles. The molecule has 0 aliphatic heterocycles. The first-order valence-corrected chi connectivity index (χ1v) is 4.18. The normalized spacial score (nSPS) is 10.6. The number of amides is 1. The summed E-state index contributed by atoms with van der Waals surface area (Å²) in [5.41, 5.74) is 4.76. The SMILES string of the molecule is COC(OC)c1ccc(C(N)=O)c(=O)[nH]1. The van der Waals surface area contributed by atoms with E-state index in [0.717, 1.165) is 0 Å². The summed E-state index contributed by atoms with van der Waals surface area (Å²) in [5, 5.41) is 0. The van der Waals surface area contributed by atoms with E-state index in [1.54, 1.807) is 0 Å². The Kier molecular flexibility index (Phi) is 3.59. The maximum absolute atomic E-state index is 11.4. The number of methoxy groups -OCH3 is 2. The highest BCUT2D eigenvalue weighted by atomic mass is 16.7. The number of hydrogen-bond donors (Lipinski definition) is 2. The predicted molar refractivity (Wildman–Crippen MR) is 52.3 cm³/mol. The van der Waals surface area contributed by atoms with Gasteiger partial charge in [0.1, 0.15) is 5.56 Å². The third-order valence-electron chi connectivity index (χ3n) is 1.88. The van der Waals surface area contributed by atoms with Gasteiger partial charge in [-0.05, 0) is 12.1 Å². The molecule has 3 N–H and O–H groups in total. The highest BCUT2D eigenvalue weighted by Gasteiger charge is 2.12. The molecule has 15 heavy (non-hydrogen) atoms. The third kappa shape index (κ3) is 2.42. The molecule has 0 radical (unpaired) electrons. The largest absolute Gasteiger partial charge is 0.365 e. The van der Waals surface area contributed by atoms with Crippen molar-refractivity contribution in [3.8, 4) is 0 Å². The number of primary amides is 1. The molecule has 0 aliphatic rings. The lowest BCUT2D eigenvalue weighted by Crippen LogP contribution is -2.25. The Labute approximate surface area is 86.0 Å². The van der Waals surface area contributed by atoms with Crippen LogP contribution in [0.2, 0.25) is 0 Å². The van der Waals surface area contributed by atoms with Gasteiger partial charge >= 0.3 is 0 Å². The van der Waals surface area contributed by atoms with E-state index in [1.807, 2.05) is 0 Å². The second-order valence-electron chi connectivity index (χ2n) is 2.82. The van der Waals surface area contributed by atoms with Gasteiger partial charge in [0, 0.05) is 14.2 Å². The molecule has 82 valence electrons. The lowest BCUT2D eigenvalue weighted by atomic mass is 10.2. The summed E-state index contributed by atoms with van der Waals surface area (Å²) in [5.74, 6) is -0.769. The first-order valence-electron chi connectivity index (χ1n) is 4.18. The van der Waals surface area contributed by atoms with Crippen LogP contribution in [-0.4, -0.2) is 25.1 Å². The van der Waals surface area contributed by atoms with Crippen LogP contribution in [0.4, 0.5) is 0 Å². The minimum absolute atomic E-state index is 0.0929. The Bertz CT molecular complexity index is 409. The molecular formula is C9H12N2O4. The van der Waals surface area contributed by atoms with Crippen LogP contribution < -0.4 is 11.3 Å². The molecule has 1 aromatic rings. The van der Waals surface area contributed by atoms with E-state index >= 15 is 0 Å². The van der Waals surface area contributed by atoms with E-state index in [-0.39, 0.29) is 5.56 Å². The average Bonchev–Trinajstić information content (AvgIpc) is 2.19. The second kappa shape index (κ2) is 4.72. The van der Waals surface area contributed by atoms with E-state index in [9.17, 15) is 9.59 Å². The quantitative estimate of drug-likeness (QED) is 0.674. The first-order chi connectivity index (χ1) is 7.10. The summed E-state index contributed by atoms with van der Waals surface area (Å²) in [6, 6.07) is 2.85. The van der Waals surface area contributed by atoms with Crippen LogP contribution in [-0.2, 0) is 9.47 Å². The molecule has 6 heteroatoms. The van der Waals surface area contributed by atoms with Gasteiger partial charge in [-0.1, -0.05) is 0 Å². The smallest absolute Gasteiger partial charge is 0.261 e. The van der Waals surface area contributed by atoms with Crippen molar-refractivity contribution in [2.75, 3.05) is 14.2 Å². The van der Waals surface area contributed by atoms with Crippen molar-refractivity contribution in [2.24, 2.45) is 5.73 Å². The van der Waals surface area contributed by atoms with Crippen LogP contribution in [0.15, 0.2) is 16.9 Å². The van der Waals surface area contributed by atoms with Gasteiger partial charge in [0.15, 0.2) is 6.29 Å². The number of aromatic nitrogens is 1. The van der Waals surface area contributed by atoms with Gasteiger partial charge in [-0.25, -0.2) is 0 Å². The molecule has 0 atom stereocenters. The van der Waals surface area contributed by atoms with Gasteiger partial charge in [-0.3, -0.25) is 9.59 Å². The number of H-pyrrole nitrogens is 1. The monoisotopic (exact) mass is 212 g/mol. The van der Waals surface area contributed by atoms with Crippen molar-refractivity contribution in [1.82, 2.24) is 4.98 Å². The summed E-state index contributed by atoms with van der Waals surface area (Å²) in [7, 11) is 2.88. The Balaban J connectivity index is 3.11. The summed E-state index contributed by atoms with van der Waals surface area (Å²) < 4.78 is 9.86. The van der Waals surface area contributed by atoms with Gasteiger partial charge in [0.25, 0.3) is 11.5 Å². The molecule has 1 aromatic heterocycles. The second-order valence-corrected chi connectivity index (χ2v) is 2.82. The molecule has 6 nitrogen and oxygen atoms in total. The summed E-state index contributed by atoms with van der Waals surface area (Å²) in [6.45, 7) is 0. The van der Waals surface area contributed by atoms with E-state index in [0.29, 0.717) is 5.69 Å². The van der Waals surface area contributed by atoms with E-state index in [2.05, 4.69) is 4.98 Å². The van der Waals surface area contributed by atoms with Crippen molar-refractivity contribution >= 4 is 5.91 Å². The van der Waals surface area contributed by atoms with Crippen LogP contribution >= 0.6 is 0 Å². The fraction of sp³-hybridized carbons (Fsp3) is 0.333. The van der Waals surface area contributed by atoms with Crippen molar-refractivity contribution in [3.05, 3.63) is 33.7 Å². The third-order valence-corrected chi connectivity index (χ3v) is 1.88. The molecule has 0 unspecified atom stereocenters. The topological polar surface area (TPSA) is 94.4 Å². The summed E-state index contributed by atoms with van der Waals surface area (Å²) in [6.07, 6.45) is -0.667. The number of hydrogen-bond acceptors (Lipinski definition) is 4. The molecule has 1 rings (SSSR count). The maximum Gasteiger partial charge on any atom is 0.261 e. The Morgan fingerprint density at radius 3 is 2.40 bits per heavy atom. The fourth-order valence-electron chi connectivity index (χ4n) is 1.17. The first kappa shape index (κ1) is 11.4. The minimum atomic E-state index is -0.769.